The molecule has 0 amide bonds. The van der Waals surface area contributed by atoms with Gasteiger partial charge in [-0.3, -0.25) is 0 Å². The zero-order valence-corrected chi connectivity index (χ0v) is 15.4. The lowest BCUT2D eigenvalue weighted by molar-refractivity contribution is -0.319. The molecular weight excluding hydrogens is 380 g/mol. The number of ether oxygens (including phenoxy) is 4. The van der Waals surface area contributed by atoms with Crippen molar-refractivity contribution in [1.29, 1.82) is 0 Å². The summed E-state index contributed by atoms with van der Waals surface area (Å²) < 4.78 is 20.6. The van der Waals surface area contributed by atoms with E-state index < -0.39 is 56.1 Å². The summed E-state index contributed by atoms with van der Waals surface area (Å²) in [7, 11) is 2.61. The Kier molecular flexibility index (Phi) is 7.80. The second kappa shape index (κ2) is 9.67. The van der Waals surface area contributed by atoms with Crippen LogP contribution >= 0.6 is 0 Å². The molecule has 1 aliphatic rings. The molecule has 0 saturated carbocycles. The van der Waals surface area contributed by atoms with Gasteiger partial charge in [-0.25, -0.2) is 0 Å². The van der Waals surface area contributed by atoms with Crippen molar-refractivity contribution in [3.05, 3.63) is 17.7 Å². The molecule has 1 saturated heterocycles. The fourth-order valence-corrected chi connectivity index (χ4v) is 2.87. The Bertz CT molecular complexity index is 613. The predicted molar refractivity (Wildman–Crippen MR) is 91.9 cm³/mol. The van der Waals surface area contributed by atoms with Crippen molar-refractivity contribution in [2.45, 2.75) is 42.9 Å². The molecule has 7 N–H and O–H groups in total. The first kappa shape index (κ1) is 22.6. The standard InChI is InChI=1S/C17H26O11/c1-25-8-3-7(4-9(26-2)13(8)21)12(20)10(5-18)27-17-16(24)15(23)14(22)11(6-19)28-17/h3-4,10-12,14-24H,5-6H2,1-2H3/t10-,11+,12+,14+,15-,16+,17+/m0/s1. The normalized spacial score (nSPS) is 29.9. The average molecular weight is 406 g/mol. The molecule has 0 aromatic heterocycles. The number of phenols is 1. The van der Waals surface area contributed by atoms with E-state index in [0.29, 0.717) is 0 Å². The van der Waals surface area contributed by atoms with Crippen LogP contribution in [0.1, 0.15) is 11.7 Å². The third-order valence-electron chi connectivity index (χ3n) is 4.53. The van der Waals surface area contributed by atoms with Gasteiger partial charge in [0.2, 0.25) is 5.75 Å². The molecule has 11 nitrogen and oxygen atoms in total. The van der Waals surface area contributed by atoms with Crippen molar-refractivity contribution in [2.24, 2.45) is 0 Å². The van der Waals surface area contributed by atoms with E-state index >= 15 is 0 Å². The van der Waals surface area contributed by atoms with Gasteiger partial charge in [0.1, 0.15) is 36.6 Å². The van der Waals surface area contributed by atoms with E-state index in [2.05, 4.69) is 0 Å². The van der Waals surface area contributed by atoms with Crippen LogP contribution in [0.3, 0.4) is 0 Å². The largest absolute Gasteiger partial charge is 0.502 e. The van der Waals surface area contributed by atoms with Gasteiger partial charge in [0.15, 0.2) is 17.8 Å². The molecule has 0 bridgehead atoms. The third-order valence-corrected chi connectivity index (χ3v) is 4.53. The van der Waals surface area contributed by atoms with E-state index in [-0.39, 0.29) is 22.8 Å². The van der Waals surface area contributed by atoms with Crippen LogP contribution in [0.2, 0.25) is 0 Å². The summed E-state index contributed by atoms with van der Waals surface area (Å²) in [6.45, 7) is -1.36. The first-order valence-corrected chi connectivity index (χ1v) is 8.48. The number of methoxy groups -OCH3 is 2. The number of aliphatic hydroxyl groups is 6. The molecule has 1 aromatic carbocycles. The average Bonchev–Trinajstić information content (AvgIpc) is 2.71. The maximum absolute atomic E-state index is 10.6. The van der Waals surface area contributed by atoms with E-state index in [4.69, 9.17) is 18.9 Å². The minimum Gasteiger partial charge on any atom is -0.502 e. The number of hydrogen-bond donors (Lipinski definition) is 7. The first-order valence-electron chi connectivity index (χ1n) is 8.48. The number of benzene rings is 1. The van der Waals surface area contributed by atoms with Crippen LogP contribution < -0.4 is 9.47 Å². The molecule has 1 aliphatic heterocycles. The molecule has 28 heavy (non-hydrogen) atoms. The summed E-state index contributed by atoms with van der Waals surface area (Å²) in [6, 6.07) is 2.61. The molecule has 0 spiro atoms. The van der Waals surface area contributed by atoms with Crippen molar-refractivity contribution < 1.29 is 54.7 Å². The molecule has 7 atom stereocenters. The highest BCUT2D eigenvalue weighted by atomic mass is 16.7. The summed E-state index contributed by atoms with van der Waals surface area (Å²) in [6.07, 6.45) is -10.5. The van der Waals surface area contributed by atoms with Gasteiger partial charge in [-0.2, -0.15) is 0 Å². The van der Waals surface area contributed by atoms with Crippen LogP contribution in [0.5, 0.6) is 17.2 Å². The van der Waals surface area contributed by atoms with Crippen molar-refractivity contribution in [3.63, 3.8) is 0 Å². The summed E-state index contributed by atoms with van der Waals surface area (Å²) >= 11 is 0. The number of aliphatic hydroxyl groups excluding tert-OH is 6. The molecule has 0 unspecified atom stereocenters. The lowest BCUT2D eigenvalue weighted by Gasteiger charge is -2.41. The van der Waals surface area contributed by atoms with Crippen LogP contribution in [-0.4, -0.2) is 100.0 Å². The molecule has 11 heteroatoms. The van der Waals surface area contributed by atoms with Crippen LogP contribution in [0.25, 0.3) is 0 Å². The molecule has 0 radical (unpaired) electrons. The molecule has 1 fully saturated rings. The lowest BCUT2D eigenvalue weighted by atomic mass is 9.99. The molecule has 0 aliphatic carbocycles. The maximum atomic E-state index is 10.6. The summed E-state index contributed by atoms with van der Waals surface area (Å²) in [5.74, 6) is -0.257. The number of hydrogen-bond acceptors (Lipinski definition) is 11. The first-order chi connectivity index (χ1) is 13.3. The van der Waals surface area contributed by atoms with Gasteiger partial charge in [0.05, 0.1) is 27.4 Å². The van der Waals surface area contributed by atoms with Crippen LogP contribution in [0.15, 0.2) is 12.1 Å². The molecule has 2 rings (SSSR count). The Balaban J connectivity index is 2.23. The van der Waals surface area contributed by atoms with Gasteiger partial charge in [0.25, 0.3) is 0 Å². The summed E-state index contributed by atoms with van der Waals surface area (Å²) in [5.41, 5.74) is 0.162. The smallest absolute Gasteiger partial charge is 0.200 e. The van der Waals surface area contributed by atoms with Crippen LogP contribution in [-0.2, 0) is 9.47 Å². The van der Waals surface area contributed by atoms with Crippen molar-refractivity contribution in [2.75, 3.05) is 27.4 Å². The fraction of sp³-hybridized carbons (Fsp3) is 0.647. The second-order valence-corrected chi connectivity index (χ2v) is 6.27. The van der Waals surface area contributed by atoms with Gasteiger partial charge in [-0.1, -0.05) is 0 Å². The minimum atomic E-state index is -1.69. The van der Waals surface area contributed by atoms with Crippen molar-refractivity contribution in [1.82, 2.24) is 0 Å². The van der Waals surface area contributed by atoms with Gasteiger partial charge in [-0.15, -0.1) is 0 Å². The number of phenolic OH excluding ortho intramolecular Hbond substituents is 1. The van der Waals surface area contributed by atoms with Gasteiger partial charge < -0.3 is 54.7 Å². The number of aromatic hydroxyl groups is 1. The Morgan fingerprint density at radius 3 is 2.04 bits per heavy atom. The highest BCUT2D eigenvalue weighted by Gasteiger charge is 2.45. The van der Waals surface area contributed by atoms with Crippen molar-refractivity contribution in [3.8, 4) is 17.2 Å². The Labute approximate surface area is 160 Å². The topological polar surface area (TPSA) is 179 Å². The summed E-state index contributed by atoms with van der Waals surface area (Å²) in [5, 5.41) is 69.1. The molecular formula is C17H26O11. The highest BCUT2D eigenvalue weighted by Crippen LogP contribution is 2.39. The summed E-state index contributed by atoms with van der Waals surface area (Å²) in [4.78, 5) is 0. The van der Waals surface area contributed by atoms with Gasteiger partial charge in [0, 0.05) is 0 Å². The predicted octanol–water partition coefficient (Wildman–Crippen LogP) is -2.38. The van der Waals surface area contributed by atoms with E-state index in [1.54, 1.807) is 0 Å². The minimum absolute atomic E-state index is 0.0120. The van der Waals surface area contributed by atoms with E-state index in [1.807, 2.05) is 0 Å². The lowest BCUT2D eigenvalue weighted by Crippen LogP contribution is -2.60. The van der Waals surface area contributed by atoms with Gasteiger partial charge >= 0.3 is 0 Å². The molecule has 160 valence electrons. The Morgan fingerprint density at radius 1 is 1.00 bits per heavy atom. The third kappa shape index (κ3) is 4.47. The highest BCUT2D eigenvalue weighted by molar-refractivity contribution is 5.53. The van der Waals surface area contributed by atoms with Crippen molar-refractivity contribution >= 4 is 0 Å². The molecule has 1 aromatic rings. The SMILES string of the molecule is COc1cc([C@@H](O)[C@H](CO)O[C@@H]2O[C@H](CO)[C@@H](O)[C@H](O)[C@H]2O)cc(OC)c1O. The maximum Gasteiger partial charge on any atom is 0.200 e. The van der Waals surface area contributed by atoms with Gasteiger partial charge in [-0.05, 0) is 17.7 Å². The zero-order chi connectivity index (χ0) is 21.0. The Hall–Kier alpha value is -1.70. The van der Waals surface area contributed by atoms with Crippen LogP contribution in [0, 0.1) is 0 Å². The quantitative estimate of drug-likeness (QED) is 0.245. The van der Waals surface area contributed by atoms with E-state index in [0.717, 1.165) is 0 Å². The van der Waals surface area contributed by atoms with E-state index in [1.165, 1.54) is 26.4 Å². The monoisotopic (exact) mass is 406 g/mol. The van der Waals surface area contributed by atoms with E-state index in [9.17, 15) is 35.7 Å². The Morgan fingerprint density at radius 2 is 1.57 bits per heavy atom. The second-order valence-electron chi connectivity index (χ2n) is 6.27. The number of rotatable bonds is 8. The zero-order valence-electron chi connectivity index (χ0n) is 15.4. The molecule has 1 heterocycles. The van der Waals surface area contributed by atoms with Crippen LogP contribution in [0.4, 0.5) is 0 Å². The fourth-order valence-electron chi connectivity index (χ4n) is 2.87.